The van der Waals surface area contributed by atoms with Crippen LogP contribution in [0, 0.1) is 0 Å². The van der Waals surface area contributed by atoms with Crippen LogP contribution >= 0.6 is 0 Å². The summed E-state index contributed by atoms with van der Waals surface area (Å²) >= 11 is 0. The van der Waals surface area contributed by atoms with Gasteiger partial charge in [-0.1, -0.05) is 137 Å². The fourth-order valence-corrected chi connectivity index (χ4v) is 6.39. The number of hydrogen-bond donors (Lipinski definition) is 0. The van der Waals surface area contributed by atoms with Crippen LogP contribution in [-0.2, 0) is 28.7 Å². The average molecular weight is 723 g/mol. The lowest BCUT2D eigenvalue weighted by Crippen LogP contribution is -2.32. The highest BCUT2D eigenvalue weighted by molar-refractivity contribution is 5.76. The molecule has 300 valence electrons. The highest BCUT2D eigenvalue weighted by atomic mass is 16.6. The van der Waals surface area contributed by atoms with Crippen molar-refractivity contribution < 1.29 is 28.7 Å². The van der Waals surface area contributed by atoms with Crippen LogP contribution in [0.15, 0.2) is 0 Å². The Balaban J connectivity index is 3.96. The van der Waals surface area contributed by atoms with Gasteiger partial charge in [0.1, 0.15) is 13.2 Å². The van der Waals surface area contributed by atoms with Gasteiger partial charge < -0.3 is 19.3 Å². The van der Waals surface area contributed by atoms with E-state index in [1.807, 2.05) is 0 Å². The second-order valence-corrected chi connectivity index (χ2v) is 14.6. The molecule has 0 aromatic heterocycles. The van der Waals surface area contributed by atoms with Crippen LogP contribution < -0.4 is 0 Å². The molecule has 0 spiro atoms. The number of nitrogens with zero attached hydrogens (tertiary/aromatic N) is 2. The number of carbonyl (C=O) groups excluding carboxylic acids is 4. The van der Waals surface area contributed by atoms with Crippen LogP contribution in [0.5, 0.6) is 0 Å². The van der Waals surface area contributed by atoms with Gasteiger partial charge in [0.2, 0.25) is 11.8 Å². The molecule has 0 aliphatic heterocycles. The maximum atomic E-state index is 12.9. The van der Waals surface area contributed by atoms with Gasteiger partial charge in [-0.3, -0.25) is 19.2 Å². The van der Waals surface area contributed by atoms with Crippen molar-refractivity contribution >= 4 is 23.8 Å². The Morgan fingerprint density at radius 3 is 0.902 bits per heavy atom. The molecule has 0 rings (SSSR count). The van der Waals surface area contributed by atoms with E-state index in [2.05, 4.69) is 37.5 Å². The zero-order valence-corrected chi connectivity index (χ0v) is 34.1. The van der Waals surface area contributed by atoms with Crippen molar-refractivity contribution in [3.05, 3.63) is 0 Å². The number of esters is 2. The Kier molecular flexibility index (Phi) is 36.1. The quantitative estimate of drug-likeness (QED) is 0.0465. The molecule has 0 aliphatic rings. The number of hydrogen-bond acceptors (Lipinski definition) is 6. The first-order valence-electron chi connectivity index (χ1n) is 21.8. The van der Waals surface area contributed by atoms with Crippen molar-refractivity contribution in [2.45, 2.75) is 214 Å². The summed E-state index contributed by atoms with van der Waals surface area (Å²) in [5.74, 6) is 0.0324. The van der Waals surface area contributed by atoms with E-state index in [1.54, 1.807) is 0 Å². The van der Waals surface area contributed by atoms with E-state index in [1.165, 1.54) is 83.5 Å². The number of amides is 2. The maximum absolute atomic E-state index is 12.9. The Morgan fingerprint density at radius 1 is 0.333 bits per heavy atom. The highest BCUT2D eigenvalue weighted by Gasteiger charge is 2.14. The van der Waals surface area contributed by atoms with Gasteiger partial charge in [0.15, 0.2) is 0 Å². The molecule has 0 aromatic carbocycles. The predicted molar refractivity (Wildman–Crippen MR) is 212 cm³/mol. The smallest absolute Gasteiger partial charge is 0.305 e. The minimum atomic E-state index is -0.266. The van der Waals surface area contributed by atoms with Gasteiger partial charge in [-0.25, -0.2) is 0 Å². The third-order valence-electron chi connectivity index (χ3n) is 9.73. The molecular weight excluding hydrogens is 640 g/mol. The fraction of sp³-hybridized carbons (Fsp3) is 0.907. The molecule has 0 saturated carbocycles. The van der Waals surface area contributed by atoms with Crippen LogP contribution in [-0.4, -0.2) is 72.9 Å². The Morgan fingerprint density at radius 2 is 0.588 bits per heavy atom. The van der Waals surface area contributed by atoms with Gasteiger partial charge in [-0.15, -0.1) is 0 Å². The first-order valence-corrected chi connectivity index (χ1v) is 21.8. The Bertz CT molecular complexity index is 823. The van der Waals surface area contributed by atoms with Gasteiger partial charge in [0.25, 0.3) is 0 Å². The number of ether oxygens (including phenoxy) is 2. The van der Waals surface area contributed by atoms with Crippen molar-refractivity contribution in [2.24, 2.45) is 0 Å². The fourth-order valence-electron chi connectivity index (χ4n) is 6.39. The van der Waals surface area contributed by atoms with E-state index in [4.69, 9.17) is 9.47 Å². The molecule has 51 heavy (non-hydrogen) atoms. The van der Waals surface area contributed by atoms with Gasteiger partial charge in [-0.2, -0.15) is 0 Å². The van der Waals surface area contributed by atoms with Crippen molar-refractivity contribution in [1.82, 2.24) is 9.80 Å². The van der Waals surface area contributed by atoms with Gasteiger partial charge in [0.05, 0.1) is 0 Å². The molecule has 8 heteroatoms. The molecule has 0 aliphatic carbocycles. The predicted octanol–water partition coefficient (Wildman–Crippen LogP) is 11.1. The summed E-state index contributed by atoms with van der Waals surface area (Å²) in [4.78, 5) is 54.1. The molecule has 0 radical (unpaired) electrons. The van der Waals surface area contributed by atoms with E-state index in [9.17, 15) is 19.2 Å². The summed E-state index contributed by atoms with van der Waals surface area (Å²) in [7, 11) is 0. The van der Waals surface area contributed by atoms with Crippen molar-refractivity contribution in [1.29, 1.82) is 0 Å². The van der Waals surface area contributed by atoms with Crippen LogP contribution in [0.4, 0.5) is 0 Å². The minimum Gasteiger partial charge on any atom is -0.462 e. The van der Waals surface area contributed by atoms with E-state index in [0.29, 0.717) is 25.7 Å². The van der Waals surface area contributed by atoms with Crippen LogP contribution in [0.2, 0.25) is 0 Å². The van der Waals surface area contributed by atoms with E-state index in [-0.39, 0.29) is 37.0 Å². The third-order valence-corrected chi connectivity index (χ3v) is 9.73. The Labute approximate surface area is 314 Å². The monoisotopic (exact) mass is 723 g/mol. The van der Waals surface area contributed by atoms with Crippen molar-refractivity contribution in [3.63, 3.8) is 0 Å². The summed E-state index contributed by atoms with van der Waals surface area (Å²) in [6, 6.07) is 0. The summed E-state index contributed by atoms with van der Waals surface area (Å²) in [5.41, 5.74) is 0. The molecule has 0 N–H and O–H groups in total. The van der Waals surface area contributed by atoms with Crippen molar-refractivity contribution in [3.8, 4) is 0 Å². The molecule has 0 fully saturated rings. The first-order chi connectivity index (χ1) is 24.9. The number of carbonyl (C=O) groups is 4. The Hall–Kier alpha value is -2.12. The highest BCUT2D eigenvalue weighted by Crippen LogP contribution is 2.13. The molecule has 0 bridgehead atoms. The standard InChI is InChI=1S/C43H82N2O6/c1-5-9-13-21-29-37-45(36-28-16-12-8-4)41(47)31-23-18-20-25-33-43(49)51-39-38-50-42(48)32-24-19-17-22-30-40(46)44(34-26-14-10-6-2)35-27-15-11-7-3/h5-39H2,1-4H3. The van der Waals surface area contributed by atoms with Crippen LogP contribution in [0.3, 0.4) is 0 Å². The topological polar surface area (TPSA) is 93.2 Å². The molecule has 0 unspecified atom stereocenters. The molecule has 0 heterocycles. The molecule has 0 atom stereocenters. The summed E-state index contributed by atoms with van der Waals surface area (Å²) in [5, 5.41) is 0. The maximum Gasteiger partial charge on any atom is 0.305 e. The van der Waals surface area contributed by atoms with Crippen molar-refractivity contribution in [2.75, 3.05) is 39.4 Å². The zero-order chi connectivity index (χ0) is 37.6. The molecule has 0 saturated heterocycles. The van der Waals surface area contributed by atoms with E-state index in [0.717, 1.165) is 103 Å². The summed E-state index contributed by atoms with van der Waals surface area (Å²) < 4.78 is 10.5. The van der Waals surface area contributed by atoms with E-state index < -0.39 is 0 Å². The lowest BCUT2D eigenvalue weighted by atomic mass is 10.1. The number of rotatable bonds is 38. The first kappa shape index (κ1) is 48.9. The second kappa shape index (κ2) is 37.6. The lowest BCUT2D eigenvalue weighted by molar-refractivity contribution is -0.152. The summed E-state index contributed by atoms with van der Waals surface area (Å²) in [6.07, 6.45) is 29.0. The SMILES string of the molecule is CCCCCCCN(CCCCCC)C(=O)CCCCCCC(=O)OCCOC(=O)CCCCCCC(=O)N(CCCCCC)CCCCCC. The molecular formula is C43H82N2O6. The second-order valence-electron chi connectivity index (χ2n) is 14.6. The van der Waals surface area contributed by atoms with Gasteiger partial charge >= 0.3 is 11.9 Å². The molecule has 8 nitrogen and oxygen atoms in total. The molecule has 2 amide bonds. The largest absolute Gasteiger partial charge is 0.462 e. The van der Waals surface area contributed by atoms with E-state index >= 15 is 0 Å². The molecule has 0 aromatic rings. The number of unbranched alkanes of at least 4 members (excludes halogenated alkanes) is 19. The normalized spacial score (nSPS) is 11.1. The lowest BCUT2D eigenvalue weighted by Gasteiger charge is -2.23. The minimum absolute atomic E-state index is 0.0844. The van der Waals surface area contributed by atoms with Crippen LogP contribution in [0.1, 0.15) is 214 Å². The average Bonchev–Trinajstić information content (AvgIpc) is 3.12. The van der Waals surface area contributed by atoms with Crippen LogP contribution in [0.25, 0.3) is 0 Å². The zero-order valence-electron chi connectivity index (χ0n) is 34.1. The summed E-state index contributed by atoms with van der Waals surface area (Å²) in [6.45, 7) is 12.6. The van der Waals surface area contributed by atoms with Gasteiger partial charge in [0, 0.05) is 51.9 Å². The third kappa shape index (κ3) is 32.3. The van der Waals surface area contributed by atoms with Gasteiger partial charge in [-0.05, 0) is 51.4 Å².